The third kappa shape index (κ3) is 2.57. The summed E-state index contributed by atoms with van der Waals surface area (Å²) in [5.74, 6) is -2.28. The number of hydrogen-bond donors (Lipinski definition) is 3. The van der Waals surface area contributed by atoms with Gasteiger partial charge in [0.05, 0.1) is 12.1 Å². The summed E-state index contributed by atoms with van der Waals surface area (Å²) in [4.78, 5) is 59.9. The quantitative estimate of drug-likeness (QED) is 0.661. The Morgan fingerprint density at radius 1 is 1.35 bits per heavy atom. The molecule has 1 atom stereocenters. The van der Waals surface area contributed by atoms with Crippen molar-refractivity contribution < 1.29 is 29.1 Å². The van der Waals surface area contributed by atoms with Crippen LogP contribution in [0.2, 0.25) is 0 Å². The standard InChI is InChI=1S/C13H11N3O6S/c17-8-2-1-7(10(18)15-8)16-11(19)6-3-5(4-14-13(21)22)23-9(6)12(16)20/h3,7,14H,1-2,4H2,(H,21,22)(H,15,17,18). The monoisotopic (exact) mass is 337 g/mol. The van der Waals surface area contributed by atoms with E-state index in [1.165, 1.54) is 6.07 Å². The molecule has 1 aromatic rings. The zero-order chi connectivity index (χ0) is 16.7. The summed E-state index contributed by atoms with van der Waals surface area (Å²) in [5, 5.41) is 12.8. The molecule has 0 aliphatic carbocycles. The highest BCUT2D eigenvalue weighted by Gasteiger charge is 2.45. The number of carbonyl (C=O) groups excluding carboxylic acids is 4. The van der Waals surface area contributed by atoms with Gasteiger partial charge in [-0.25, -0.2) is 4.79 Å². The van der Waals surface area contributed by atoms with Crippen LogP contribution in [0.15, 0.2) is 6.07 Å². The average molecular weight is 337 g/mol. The van der Waals surface area contributed by atoms with Crippen molar-refractivity contribution in [1.29, 1.82) is 0 Å². The fourth-order valence-electron chi connectivity index (χ4n) is 2.55. The molecule has 0 aromatic carbocycles. The molecule has 1 fully saturated rings. The van der Waals surface area contributed by atoms with E-state index in [0.717, 1.165) is 16.2 Å². The van der Waals surface area contributed by atoms with Crippen LogP contribution in [0.4, 0.5) is 4.79 Å². The maximum Gasteiger partial charge on any atom is 0.404 e. The molecule has 3 heterocycles. The van der Waals surface area contributed by atoms with Crippen molar-refractivity contribution in [3.05, 3.63) is 21.4 Å². The lowest BCUT2D eigenvalue weighted by Crippen LogP contribution is -2.54. The minimum Gasteiger partial charge on any atom is -0.465 e. The second-order valence-electron chi connectivity index (χ2n) is 5.06. The molecule has 0 bridgehead atoms. The number of carboxylic acid groups (broad SMARTS) is 1. The SMILES string of the molecule is O=C(O)NCc1cc2c(s1)C(=O)N(C1CCC(=O)NC1=O)C2=O. The molecular weight excluding hydrogens is 326 g/mol. The topological polar surface area (TPSA) is 133 Å². The molecular formula is C13H11N3O6S. The molecule has 0 saturated carbocycles. The van der Waals surface area contributed by atoms with Crippen LogP contribution >= 0.6 is 11.3 Å². The van der Waals surface area contributed by atoms with E-state index >= 15 is 0 Å². The number of carbonyl (C=O) groups is 5. The summed E-state index contributed by atoms with van der Waals surface area (Å²) >= 11 is 1.01. The van der Waals surface area contributed by atoms with E-state index in [0.29, 0.717) is 4.88 Å². The number of hydrogen-bond acceptors (Lipinski definition) is 6. The first-order valence-corrected chi connectivity index (χ1v) is 7.51. The van der Waals surface area contributed by atoms with Crippen molar-refractivity contribution in [3.8, 4) is 0 Å². The first kappa shape index (κ1) is 15.2. The molecule has 2 aliphatic rings. The van der Waals surface area contributed by atoms with Gasteiger partial charge >= 0.3 is 6.09 Å². The van der Waals surface area contributed by atoms with Gasteiger partial charge in [-0.1, -0.05) is 0 Å². The van der Waals surface area contributed by atoms with Gasteiger partial charge in [-0.2, -0.15) is 0 Å². The number of imide groups is 2. The number of amides is 5. The highest BCUT2D eigenvalue weighted by Crippen LogP contribution is 2.33. The number of thiophene rings is 1. The molecule has 2 aliphatic heterocycles. The van der Waals surface area contributed by atoms with Crippen molar-refractivity contribution in [2.75, 3.05) is 0 Å². The van der Waals surface area contributed by atoms with E-state index in [2.05, 4.69) is 10.6 Å². The van der Waals surface area contributed by atoms with Crippen LogP contribution < -0.4 is 10.6 Å². The number of rotatable bonds is 3. The summed E-state index contributed by atoms with van der Waals surface area (Å²) in [6, 6.07) is 0.454. The molecule has 1 saturated heterocycles. The second-order valence-corrected chi connectivity index (χ2v) is 6.20. The Balaban J connectivity index is 1.82. The van der Waals surface area contributed by atoms with Crippen LogP contribution in [-0.2, 0) is 16.1 Å². The van der Waals surface area contributed by atoms with Crippen LogP contribution in [-0.4, -0.2) is 45.8 Å². The summed E-state index contributed by atoms with van der Waals surface area (Å²) in [7, 11) is 0. The Labute approximate surface area is 133 Å². The van der Waals surface area contributed by atoms with E-state index in [1.54, 1.807) is 0 Å². The zero-order valence-electron chi connectivity index (χ0n) is 11.6. The number of piperidine rings is 1. The van der Waals surface area contributed by atoms with Crippen LogP contribution in [0.1, 0.15) is 37.7 Å². The number of nitrogens with zero attached hydrogens (tertiary/aromatic N) is 1. The third-order valence-electron chi connectivity index (χ3n) is 3.58. The summed E-state index contributed by atoms with van der Waals surface area (Å²) < 4.78 is 0. The van der Waals surface area contributed by atoms with Gasteiger partial charge in [-0.05, 0) is 12.5 Å². The van der Waals surface area contributed by atoms with Gasteiger partial charge in [0.1, 0.15) is 10.9 Å². The van der Waals surface area contributed by atoms with Gasteiger partial charge in [0.25, 0.3) is 11.8 Å². The van der Waals surface area contributed by atoms with Gasteiger partial charge in [0, 0.05) is 11.3 Å². The maximum absolute atomic E-state index is 12.4. The Morgan fingerprint density at radius 2 is 2.09 bits per heavy atom. The molecule has 3 N–H and O–H groups in total. The number of nitrogens with one attached hydrogen (secondary N) is 2. The predicted molar refractivity (Wildman–Crippen MR) is 75.9 cm³/mol. The zero-order valence-corrected chi connectivity index (χ0v) is 12.4. The lowest BCUT2D eigenvalue weighted by molar-refractivity contribution is -0.136. The molecule has 5 amide bonds. The van der Waals surface area contributed by atoms with Crippen molar-refractivity contribution in [2.24, 2.45) is 0 Å². The van der Waals surface area contributed by atoms with Gasteiger partial charge in [-0.15, -0.1) is 11.3 Å². The maximum atomic E-state index is 12.4. The molecule has 1 aromatic heterocycles. The van der Waals surface area contributed by atoms with Crippen LogP contribution in [0.25, 0.3) is 0 Å². The lowest BCUT2D eigenvalue weighted by atomic mass is 10.0. The van der Waals surface area contributed by atoms with Gasteiger partial charge in [-0.3, -0.25) is 29.4 Å². The largest absolute Gasteiger partial charge is 0.465 e. The first-order chi connectivity index (χ1) is 10.9. The fraction of sp³-hybridized carbons (Fsp3) is 0.308. The van der Waals surface area contributed by atoms with Crippen LogP contribution in [0.3, 0.4) is 0 Å². The highest BCUT2D eigenvalue weighted by molar-refractivity contribution is 7.14. The minimum atomic E-state index is -1.21. The van der Waals surface area contributed by atoms with Gasteiger partial charge < -0.3 is 10.4 Å². The van der Waals surface area contributed by atoms with E-state index in [4.69, 9.17) is 5.11 Å². The van der Waals surface area contributed by atoms with Crippen LogP contribution in [0, 0.1) is 0 Å². The average Bonchev–Trinajstić information content (AvgIpc) is 2.99. The molecule has 9 nitrogen and oxygen atoms in total. The van der Waals surface area contributed by atoms with Gasteiger partial charge in [0.2, 0.25) is 11.8 Å². The molecule has 1 unspecified atom stereocenters. The summed E-state index contributed by atoms with van der Waals surface area (Å²) in [5.41, 5.74) is 0.159. The minimum absolute atomic E-state index is 0.00796. The van der Waals surface area contributed by atoms with E-state index in [1.807, 2.05) is 0 Å². The Morgan fingerprint density at radius 3 is 2.70 bits per heavy atom. The van der Waals surface area contributed by atoms with E-state index in [9.17, 15) is 24.0 Å². The summed E-state index contributed by atoms with van der Waals surface area (Å²) in [6.45, 7) is -0.00796. The molecule has 0 radical (unpaired) electrons. The molecule has 3 rings (SSSR count). The highest BCUT2D eigenvalue weighted by atomic mass is 32.1. The third-order valence-corrected chi connectivity index (χ3v) is 4.70. The van der Waals surface area contributed by atoms with E-state index < -0.39 is 35.8 Å². The summed E-state index contributed by atoms with van der Waals surface area (Å²) in [6.07, 6.45) is -1.04. The normalized spacial score (nSPS) is 20.5. The second kappa shape index (κ2) is 5.47. The molecule has 120 valence electrons. The van der Waals surface area contributed by atoms with Gasteiger partial charge in [0.15, 0.2) is 0 Å². The smallest absolute Gasteiger partial charge is 0.404 e. The molecule has 23 heavy (non-hydrogen) atoms. The Bertz CT molecular complexity index is 721. The fourth-order valence-corrected chi connectivity index (χ4v) is 3.58. The molecule has 0 spiro atoms. The Kier molecular flexibility index (Phi) is 3.60. The lowest BCUT2D eigenvalue weighted by Gasteiger charge is -2.27. The van der Waals surface area contributed by atoms with Crippen molar-refractivity contribution in [1.82, 2.24) is 15.5 Å². The van der Waals surface area contributed by atoms with Crippen molar-refractivity contribution >= 4 is 41.1 Å². The van der Waals surface area contributed by atoms with Crippen molar-refractivity contribution in [2.45, 2.75) is 25.4 Å². The first-order valence-electron chi connectivity index (χ1n) is 6.69. The Hall–Kier alpha value is -2.75. The van der Waals surface area contributed by atoms with E-state index in [-0.39, 0.29) is 29.8 Å². The van der Waals surface area contributed by atoms with Crippen LogP contribution in [0.5, 0.6) is 0 Å². The predicted octanol–water partition coefficient (Wildman–Crippen LogP) is -0.0831. The molecule has 10 heteroatoms. The number of fused-ring (bicyclic) bond motifs is 1. The van der Waals surface area contributed by atoms with Crippen molar-refractivity contribution in [3.63, 3.8) is 0 Å².